The highest BCUT2D eigenvalue weighted by atomic mass is 35.5. The molecule has 5 fully saturated rings. The molecule has 6 aliphatic rings. The van der Waals surface area contributed by atoms with Crippen molar-refractivity contribution in [1.29, 1.82) is 0 Å². The van der Waals surface area contributed by atoms with E-state index in [9.17, 15) is 24.0 Å². The molecule has 9 rings (SSSR count). The fraction of sp³-hybridized carbons (Fsp3) is 0.467. The Morgan fingerprint density at radius 3 is 2.18 bits per heavy atom. The third-order valence-electron chi connectivity index (χ3n) is 13.8. The molecule has 1 unspecified atom stereocenters. The smallest absolute Gasteiger partial charge is 0.262 e. The fourth-order valence-electron chi connectivity index (χ4n) is 10.2. The molecule has 1 atom stereocenters. The molecular weight excluding hydrogens is 787 g/mol. The molecule has 0 saturated carbocycles. The molecule has 0 radical (unpaired) electrons. The largest absolute Gasteiger partial charge is 0.371 e. The van der Waals surface area contributed by atoms with Crippen LogP contribution in [0.3, 0.4) is 0 Å². The molecule has 1 N–H and O–H groups in total. The summed E-state index contributed by atoms with van der Waals surface area (Å²) in [6.45, 7) is 15.9. The number of fused-ring (bicyclic) bond motifs is 1. The van der Waals surface area contributed by atoms with Gasteiger partial charge in [0, 0.05) is 100 Å². The van der Waals surface area contributed by atoms with E-state index in [1.165, 1.54) is 6.07 Å². The molecule has 0 aromatic heterocycles. The third kappa shape index (κ3) is 7.58. The van der Waals surface area contributed by atoms with Crippen molar-refractivity contribution in [2.45, 2.75) is 51.0 Å². The molecule has 6 heterocycles. The van der Waals surface area contributed by atoms with E-state index >= 15 is 4.39 Å². The van der Waals surface area contributed by atoms with Crippen LogP contribution in [0.25, 0.3) is 4.85 Å². The predicted octanol–water partition coefficient (Wildman–Crippen LogP) is 5.60. The standard InChI is InChI=1S/C45H48ClFN8O5/c1-48-37-6-4-32(26-35(37)46)54-19-14-45(28-54)12-17-53(18-13-45)42(58)30-2-7-38(36(47)24-30)52-22-20-50(21-23-52)27-29-10-15-51(16-11-29)31-3-5-33-34(25-31)44(60)55(43(33)59)39-8-9-40(56)49-41(39)57/h2-7,24-26,29,39H,8-23,27-28H2,(H,49,56,57). The number of piperazine rings is 1. The number of hydrogen-bond donors (Lipinski definition) is 1. The normalized spacial score (nSPS) is 22.4. The Morgan fingerprint density at radius 1 is 0.783 bits per heavy atom. The highest BCUT2D eigenvalue weighted by Gasteiger charge is 2.45. The summed E-state index contributed by atoms with van der Waals surface area (Å²) in [5.74, 6) is -2.02. The molecule has 5 saturated heterocycles. The van der Waals surface area contributed by atoms with E-state index in [1.54, 1.807) is 30.3 Å². The Hall–Kier alpha value is -5.52. The van der Waals surface area contributed by atoms with Crippen LogP contribution in [0.5, 0.6) is 0 Å². The van der Waals surface area contributed by atoms with E-state index in [1.807, 2.05) is 23.1 Å². The van der Waals surface area contributed by atoms with Gasteiger partial charge in [0.25, 0.3) is 17.7 Å². The predicted molar refractivity (Wildman–Crippen MR) is 225 cm³/mol. The Balaban J connectivity index is 0.726. The maximum absolute atomic E-state index is 15.6. The van der Waals surface area contributed by atoms with Gasteiger partial charge >= 0.3 is 0 Å². The summed E-state index contributed by atoms with van der Waals surface area (Å²) >= 11 is 6.31. The van der Waals surface area contributed by atoms with Gasteiger partial charge in [-0.2, -0.15) is 0 Å². The molecular formula is C45H48ClFN8O5. The van der Waals surface area contributed by atoms with Gasteiger partial charge in [-0.25, -0.2) is 9.24 Å². The van der Waals surface area contributed by atoms with Crippen LogP contribution in [0.4, 0.5) is 27.1 Å². The summed E-state index contributed by atoms with van der Waals surface area (Å²) < 4.78 is 15.6. The number of anilines is 3. The number of nitrogens with one attached hydrogen (secondary N) is 1. The number of imide groups is 2. The van der Waals surface area contributed by atoms with Crippen molar-refractivity contribution in [3.05, 3.63) is 93.5 Å². The Labute approximate surface area is 353 Å². The van der Waals surface area contributed by atoms with Crippen molar-refractivity contribution in [3.63, 3.8) is 0 Å². The lowest BCUT2D eigenvalue weighted by Crippen LogP contribution is -2.54. The second-order valence-electron chi connectivity index (χ2n) is 17.3. The number of halogens is 2. The van der Waals surface area contributed by atoms with Crippen molar-refractivity contribution < 1.29 is 28.4 Å². The van der Waals surface area contributed by atoms with Crippen LogP contribution >= 0.6 is 11.6 Å². The minimum atomic E-state index is -0.985. The molecule has 3 aromatic rings. The van der Waals surface area contributed by atoms with E-state index < -0.39 is 29.7 Å². The number of amides is 5. The quantitative estimate of drug-likeness (QED) is 0.240. The zero-order valence-electron chi connectivity index (χ0n) is 33.5. The second-order valence-corrected chi connectivity index (χ2v) is 17.7. The average molecular weight is 835 g/mol. The van der Waals surface area contributed by atoms with Crippen LogP contribution in [-0.2, 0) is 9.59 Å². The monoisotopic (exact) mass is 834 g/mol. The highest BCUT2D eigenvalue weighted by molar-refractivity contribution is 6.33. The first-order valence-electron chi connectivity index (χ1n) is 21.1. The molecule has 312 valence electrons. The molecule has 5 amide bonds. The lowest BCUT2D eigenvalue weighted by atomic mass is 9.77. The first-order chi connectivity index (χ1) is 29.0. The van der Waals surface area contributed by atoms with Crippen LogP contribution in [0, 0.1) is 23.7 Å². The molecule has 0 aliphatic carbocycles. The molecule has 0 bridgehead atoms. The maximum Gasteiger partial charge on any atom is 0.262 e. The lowest BCUT2D eigenvalue weighted by molar-refractivity contribution is -0.136. The van der Waals surface area contributed by atoms with E-state index in [0.29, 0.717) is 59.6 Å². The molecule has 13 nitrogen and oxygen atoms in total. The molecule has 3 aromatic carbocycles. The number of hydrogen-bond acceptors (Lipinski definition) is 9. The van der Waals surface area contributed by atoms with Gasteiger partial charge in [0.05, 0.1) is 23.4 Å². The number of carbonyl (C=O) groups excluding carboxylic acids is 5. The zero-order chi connectivity index (χ0) is 41.7. The summed E-state index contributed by atoms with van der Waals surface area (Å²) in [6, 6.07) is 14.8. The molecule has 6 aliphatic heterocycles. The molecule has 60 heavy (non-hydrogen) atoms. The van der Waals surface area contributed by atoms with Gasteiger partial charge < -0.3 is 19.6 Å². The van der Waals surface area contributed by atoms with Crippen molar-refractivity contribution in [1.82, 2.24) is 20.0 Å². The molecule has 1 spiro atoms. The van der Waals surface area contributed by atoms with E-state index in [0.717, 1.165) is 94.2 Å². The zero-order valence-corrected chi connectivity index (χ0v) is 34.3. The second kappa shape index (κ2) is 16.2. The van der Waals surface area contributed by atoms with Crippen LogP contribution in [0.1, 0.15) is 76.0 Å². The van der Waals surface area contributed by atoms with E-state index in [2.05, 4.69) is 29.8 Å². The van der Waals surface area contributed by atoms with E-state index in [-0.39, 0.29) is 35.5 Å². The Morgan fingerprint density at radius 2 is 1.48 bits per heavy atom. The SMILES string of the molecule is [C-]#[N+]c1ccc(N2CCC3(CCN(C(=O)c4ccc(N5CCN(CC6CCN(c7ccc8c(c7)C(=O)N(C7CCC(=O)NC7=O)C8=O)CC6)CC5)c(F)c4)CC3)C2)cc1Cl. The van der Waals surface area contributed by atoms with Crippen molar-refractivity contribution in [2.75, 3.05) is 86.7 Å². The fourth-order valence-corrected chi connectivity index (χ4v) is 10.4. The lowest BCUT2D eigenvalue weighted by Gasteiger charge is -2.40. The first kappa shape index (κ1) is 39.9. The van der Waals surface area contributed by atoms with Gasteiger partial charge in [0.15, 0.2) is 0 Å². The topological polar surface area (TPSA) is 121 Å². The van der Waals surface area contributed by atoms with Crippen LogP contribution in [-0.4, -0.2) is 122 Å². The average Bonchev–Trinajstić information content (AvgIpc) is 3.78. The summed E-state index contributed by atoms with van der Waals surface area (Å²) in [5, 5.41) is 2.71. The third-order valence-corrected chi connectivity index (χ3v) is 14.1. The number of piperidine rings is 3. The van der Waals surface area contributed by atoms with Crippen molar-refractivity contribution >= 4 is 63.9 Å². The number of rotatable bonds is 7. The van der Waals surface area contributed by atoms with Crippen LogP contribution in [0.2, 0.25) is 5.02 Å². The minimum Gasteiger partial charge on any atom is -0.371 e. The number of benzene rings is 3. The first-order valence-corrected chi connectivity index (χ1v) is 21.5. The van der Waals surface area contributed by atoms with Gasteiger partial charge in [-0.3, -0.25) is 39.1 Å². The van der Waals surface area contributed by atoms with Crippen molar-refractivity contribution in [3.8, 4) is 0 Å². The minimum absolute atomic E-state index is 0.0821. The van der Waals surface area contributed by atoms with E-state index in [4.69, 9.17) is 18.2 Å². The van der Waals surface area contributed by atoms with Crippen LogP contribution < -0.4 is 20.0 Å². The van der Waals surface area contributed by atoms with Gasteiger partial charge in [0.1, 0.15) is 11.9 Å². The van der Waals surface area contributed by atoms with Gasteiger partial charge in [-0.05, 0) is 98.4 Å². The number of nitrogens with zero attached hydrogens (tertiary/aromatic N) is 7. The summed E-state index contributed by atoms with van der Waals surface area (Å²) in [6.07, 6.45) is 4.97. The highest BCUT2D eigenvalue weighted by Crippen LogP contribution is 2.43. The summed E-state index contributed by atoms with van der Waals surface area (Å²) in [4.78, 5) is 79.5. The van der Waals surface area contributed by atoms with Crippen LogP contribution in [0.15, 0.2) is 54.6 Å². The molecule has 15 heteroatoms. The number of likely N-dealkylation sites (tertiary alicyclic amines) is 1. The van der Waals surface area contributed by atoms with Gasteiger partial charge in [0.2, 0.25) is 17.5 Å². The van der Waals surface area contributed by atoms with Crippen molar-refractivity contribution in [2.24, 2.45) is 11.3 Å². The van der Waals surface area contributed by atoms with Gasteiger partial charge in [-0.15, -0.1) is 0 Å². The summed E-state index contributed by atoms with van der Waals surface area (Å²) in [7, 11) is 0. The Bertz CT molecular complexity index is 2290. The maximum atomic E-state index is 15.6. The Kier molecular flexibility index (Phi) is 10.7. The van der Waals surface area contributed by atoms with Gasteiger partial charge in [-0.1, -0.05) is 17.7 Å². The summed E-state index contributed by atoms with van der Waals surface area (Å²) in [5.41, 5.74) is 3.96. The number of carbonyl (C=O) groups is 5.